The molecule has 0 saturated heterocycles. The summed E-state index contributed by atoms with van der Waals surface area (Å²) >= 11 is 0. The first-order valence-electron chi connectivity index (χ1n) is 12.2. The molecule has 7 nitrogen and oxygen atoms in total. The Labute approximate surface area is 225 Å². The van der Waals surface area contributed by atoms with Gasteiger partial charge >= 0.3 is 12.2 Å². The zero-order valence-corrected chi connectivity index (χ0v) is 21.0. The van der Waals surface area contributed by atoms with Crippen molar-refractivity contribution in [1.29, 1.82) is 0 Å². The van der Waals surface area contributed by atoms with Crippen LogP contribution in [0.4, 0.5) is 28.0 Å². The lowest BCUT2D eigenvalue weighted by molar-refractivity contribution is -0.137. The van der Waals surface area contributed by atoms with E-state index in [0.29, 0.717) is 11.3 Å². The second-order valence-corrected chi connectivity index (χ2v) is 8.97. The molecule has 204 valence electrons. The van der Waals surface area contributed by atoms with Crippen LogP contribution >= 0.6 is 0 Å². The van der Waals surface area contributed by atoms with Gasteiger partial charge in [-0.3, -0.25) is 9.36 Å². The van der Waals surface area contributed by atoms with Crippen molar-refractivity contribution in [2.45, 2.75) is 25.7 Å². The highest BCUT2D eigenvalue weighted by molar-refractivity contribution is 5.89. The summed E-state index contributed by atoms with van der Waals surface area (Å²) < 4.78 is 61.3. The lowest BCUT2D eigenvalue weighted by Gasteiger charge is -2.30. The van der Waals surface area contributed by atoms with E-state index in [1.165, 1.54) is 41.5 Å². The van der Waals surface area contributed by atoms with Crippen molar-refractivity contribution in [3.8, 4) is 5.69 Å². The number of carbonyl (C=O) groups excluding carboxylic acids is 1. The molecule has 5 aromatic rings. The molecule has 2 amide bonds. The molecule has 0 spiro atoms. The van der Waals surface area contributed by atoms with Crippen LogP contribution in [0.2, 0.25) is 0 Å². The Morgan fingerprint density at radius 3 is 2.50 bits per heavy atom. The fraction of sp³-hybridized carbons (Fsp3) is 0.138. The number of nitrogens with one attached hydrogen (secondary N) is 1. The summed E-state index contributed by atoms with van der Waals surface area (Å²) in [7, 11) is 0. The maximum Gasteiger partial charge on any atom is 0.416 e. The maximum absolute atomic E-state index is 15.0. The minimum atomic E-state index is -4.60. The molecule has 2 aromatic heterocycles. The van der Waals surface area contributed by atoms with E-state index in [2.05, 4.69) is 10.3 Å². The van der Waals surface area contributed by atoms with E-state index in [1.54, 1.807) is 49.4 Å². The van der Waals surface area contributed by atoms with Crippen LogP contribution in [0.1, 0.15) is 30.1 Å². The number of hydrogen-bond donors (Lipinski definition) is 1. The predicted octanol–water partition coefficient (Wildman–Crippen LogP) is 6.93. The van der Waals surface area contributed by atoms with E-state index in [1.807, 2.05) is 0 Å². The normalized spacial score (nSPS) is 12.3. The molecule has 0 radical (unpaired) electrons. The largest absolute Gasteiger partial charge is 0.467 e. The minimum Gasteiger partial charge on any atom is -0.467 e. The summed E-state index contributed by atoms with van der Waals surface area (Å²) in [6, 6.07) is 17.9. The number of anilines is 1. The average Bonchev–Trinajstić information content (AvgIpc) is 3.45. The van der Waals surface area contributed by atoms with Crippen LogP contribution in [-0.4, -0.2) is 20.5 Å². The van der Waals surface area contributed by atoms with Crippen molar-refractivity contribution in [2.24, 2.45) is 0 Å². The van der Waals surface area contributed by atoms with Crippen LogP contribution in [-0.2, 0) is 12.7 Å². The molecule has 11 heteroatoms. The molecule has 2 heterocycles. The van der Waals surface area contributed by atoms with Gasteiger partial charge in [0.25, 0.3) is 5.56 Å². The van der Waals surface area contributed by atoms with Gasteiger partial charge < -0.3 is 14.6 Å². The fourth-order valence-electron chi connectivity index (χ4n) is 4.36. The number of fused-ring (bicyclic) bond motifs is 1. The molecule has 1 N–H and O–H groups in total. The first-order valence-corrected chi connectivity index (χ1v) is 12.2. The molecule has 0 aliphatic heterocycles. The Balaban J connectivity index is 1.62. The molecular weight excluding hydrogens is 528 g/mol. The number of nitrogens with zero attached hydrogens (tertiary/aromatic N) is 3. The Morgan fingerprint density at radius 1 is 1.02 bits per heavy atom. The monoisotopic (exact) mass is 550 g/mol. The molecule has 0 bridgehead atoms. The number of para-hydroxylation sites is 2. The molecule has 1 atom stereocenters. The SMILES string of the molecule is CC(c1nc2ccccc2c(=O)n1-c1ccccc1F)N(Cc1ccco1)C(=O)Nc1cccc(C(F)(F)F)c1. The van der Waals surface area contributed by atoms with Gasteiger partial charge in [0.1, 0.15) is 17.4 Å². The second-order valence-electron chi connectivity index (χ2n) is 8.97. The van der Waals surface area contributed by atoms with Gasteiger partial charge in [-0.25, -0.2) is 14.2 Å². The molecular formula is C29H22F4N4O3. The molecule has 5 rings (SSSR count). The first kappa shape index (κ1) is 26.7. The van der Waals surface area contributed by atoms with E-state index in [-0.39, 0.29) is 29.1 Å². The highest BCUT2D eigenvalue weighted by Crippen LogP contribution is 2.31. The quantitative estimate of drug-likeness (QED) is 0.233. The summed E-state index contributed by atoms with van der Waals surface area (Å²) in [5.74, 6) is -0.271. The van der Waals surface area contributed by atoms with Crippen LogP contribution < -0.4 is 10.9 Å². The van der Waals surface area contributed by atoms with E-state index in [0.717, 1.165) is 16.7 Å². The Kier molecular flexibility index (Phi) is 7.12. The van der Waals surface area contributed by atoms with Crippen LogP contribution in [0.25, 0.3) is 16.6 Å². The van der Waals surface area contributed by atoms with Gasteiger partial charge in [-0.2, -0.15) is 13.2 Å². The van der Waals surface area contributed by atoms with Crippen molar-refractivity contribution in [1.82, 2.24) is 14.5 Å². The van der Waals surface area contributed by atoms with Crippen LogP contribution in [0.15, 0.2) is 100 Å². The molecule has 0 saturated carbocycles. The highest BCUT2D eigenvalue weighted by Gasteiger charge is 2.32. The number of alkyl halides is 3. The van der Waals surface area contributed by atoms with Crippen molar-refractivity contribution >= 4 is 22.6 Å². The summed E-state index contributed by atoms with van der Waals surface area (Å²) in [6.45, 7) is 1.46. The minimum absolute atomic E-state index is 0.0412. The maximum atomic E-state index is 15.0. The number of urea groups is 1. The average molecular weight is 551 g/mol. The highest BCUT2D eigenvalue weighted by atomic mass is 19.4. The molecule has 0 aliphatic carbocycles. The van der Waals surface area contributed by atoms with Gasteiger partial charge in [0, 0.05) is 5.69 Å². The van der Waals surface area contributed by atoms with Crippen molar-refractivity contribution < 1.29 is 26.8 Å². The van der Waals surface area contributed by atoms with Gasteiger partial charge in [0.15, 0.2) is 0 Å². The summed E-state index contributed by atoms with van der Waals surface area (Å²) in [5, 5.41) is 2.74. The third-order valence-electron chi connectivity index (χ3n) is 6.34. The van der Waals surface area contributed by atoms with Gasteiger partial charge in [-0.05, 0) is 61.5 Å². The van der Waals surface area contributed by atoms with Gasteiger partial charge in [-0.15, -0.1) is 0 Å². The number of benzene rings is 3. The van der Waals surface area contributed by atoms with E-state index in [9.17, 15) is 27.2 Å². The number of hydrogen-bond acceptors (Lipinski definition) is 4. The van der Waals surface area contributed by atoms with Crippen molar-refractivity contribution in [3.05, 3.63) is 125 Å². The number of halogens is 4. The Morgan fingerprint density at radius 2 is 1.77 bits per heavy atom. The first-order chi connectivity index (χ1) is 19.1. The molecule has 3 aromatic carbocycles. The van der Waals surface area contributed by atoms with E-state index >= 15 is 0 Å². The fourth-order valence-corrected chi connectivity index (χ4v) is 4.36. The third kappa shape index (κ3) is 5.31. The Bertz CT molecular complexity index is 1730. The lowest BCUT2D eigenvalue weighted by atomic mass is 10.1. The number of amides is 2. The third-order valence-corrected chi connectivity index (χ3v) is 6.34. The molecule has 40 heavy (non-hydrogen) atoms. The zero-order valence-electron chi connectivity index (χ0n) is 21.0. The standard InChI is InChI=1S/C29H22F4N4O3/c1-18(26-35-24-13-4-2-11-22(24)27(38)37(26)25-14-5-3-12-23(25)30)36(17-21-10-7-15-40-21)28(39)34-20-9-6-8-19(16-20)29(31,32)33/h2-16,18H,17H2,1H3,(H,34,39). The number of aromatic nitrogens is 2. The smallest absolute Gasteiger partial charge is 0.416 e. The van der Waals surface area contributed by atoms with Crippen LogP contribution in [0.3, 0.4) is 0 Å². The topological polar surface area (TPSA) is 80.4 Å². The van der Waals surface area contributed by atoms with Crippen LogP contribution in [0, 0.1) is 5.82 Å². The summed E-state index contributed by atoms with van der Waals surface area (Å²) in [4.78, 5) is 33.1. The molecule has 0 aliphatic rings. The van der Waals surface area contributed by atoms with Crippen molar-refractivity contribution in [3.63, 3.8) is 0 Å². The number of carbonyl (C=O) groups is 1. The van der Waals surface area contributed by atoms with Crippen molar-refractivity contribution in [2.75, 3.05) is 5.32 Å². The molecule has 0 fully saturated rings. The van der Waals surface area contributed by atoms with E-state index in [4.69, 9.17) is 4.42 Å². The molecule has 1 unspecified atom stereocenters. The Hall–Kier alpha value is -4.93. The lowest BCUT2D eigenvalue weighted by Crippen LogP contribution is -2.39. The number of rotatable bonds is 6. The van der Waals surface area contributed by atoms with Gasteiger partial charge in [0.05, 0.1) is 41.0 Å². The van der Waals surface area contributed by atoms with Crippen LogP contribution in [0.5, 0.6) is 0 Å². The summed E-state index contributed by atoms with van der Waals surface area (Å²) in [5.41, 5.74) is -1.30. The zero-order chi connectivity index (χ0) is 28.4. The second kappa shape index (κ2) is 10.7. The van der Waals surface area contributed by atoms with Gasteiger partial charge in [-0.1, -0.05) is 30.3 Å². The predicted molar refractivity (Wildman–Crippen MR) is 140 cm³/mol. The van der Waals surface area contributed by atoms with E-state index < -0.39 is 35.2 Å². The summed E-state index contributed by atoms with van der Waals surface area (Å²) in [6.07, 6.45) is -3.20. The van der Waals surface area contributed by atoms with Gasteiger partial charge in [0.2, 0.25) is 0 Å². The number of furan rings is 1.